The summed E-state index contributed by atoms with van der Waals surface area (Å²) in [5, 5.41) is 0. The highest BCUT2D eigenvalue weighted by atomic mass is 16.6. The second kappa shape index (κ2) is 6.01. The van der Waals surface area contributed by atoms with Gasteiger partial charge in [-0.25, -0.2) is 4.98 Å². The Morgan fingerprint density at radius 1 is 1.27 bits per heavy atom. The molecular weight excluding hydrogens is 282 g/mol. The highest BCUT2D eigenvalue weighted by molar-refractivity contribution is 5.71. The third-order valence-corrected chi connectivity index (χ3v) is 2.81. The van der Waals surface area contributed by atoms with Crippen molar-refractivity contribution in [1.29, 1.82) is 0 Å². The zero-order valence-electron chi connectivity index (χ0n) is 12.9. The molecule has 0 aliphatic carbocycles. The summed E-state index contributed by atoms with van der Waals surface area (Å²) >= 11 is 0. The lowest BCUT2D eigenvalue weighted by molar-refractivity contribution is -0.155. The van der Waals surface area contributed by atoms with E-state index in [1.165, 1.54) is 10.8 Å². The Labute approximate surface area is 128 Å². The molecule has 0 saturated carbocycles. The molecule has 6 nitrogen and oxygen atoms in total. The minimum absolute atomic E-state index is 0.0109. The van der Waals surface area contributed by atoms with Crippen molar-refractivity contribution in [3.63, 3.8) is 0 Å². The quantitative estimate of drug-likeness (QED) is 0.874. The van der Waals surface area contributed by atoms with Crippen LogP contribution in [0, 0.1) is 0 Å². The van der Waals surface area contributed by atoms with Crippen molar-refractivity contribution >= 4 is 11.7 Å². The number of hydrogen-bond donors (Lipinski definition) is 1. The predicted octanol–water partition coefficient (Wildman–Crippen LogP) is 1.83. The van der Waals surface area contributed by atoms with Crippen LogP contribution in [0.5, 0.6) is 0 Å². The van der Waals surface area contributed by atoms with Crippen molar-refractivity contribution in [3.05, 3.63) is 46.9 Å². The largest absolute Gasteiger partial charge is 0.459 e. The average Bonchev–Trinajstić information content (AvgIpc) is 2.43. The third kappa shape index (κ3) is 3.72. The minimum Gasteiger partial charge on any atom is -0.459 e. The summed E-state index contributed by atoms with van der Waals surface area (Å²) in [7, 11) is 0. The summed E-state index contributed by atoms with van der Waals surface area (Å²) in [5.74, 6) is -0.134. The smallest absolute Gasteiger partial charge is 0.326 e. The van der Waals surface area contributed by atoms with Gasteiger partial charge in [0.25, 0.3) is 5.56 Å². The SMILES string of the molecule is CC(C)(C)OC(=O)Cn1c(-c2ccccc2)ncc(N)c1=O. The Hall–Kier alpha value is -2.63. The van der Waals surface area contributed by atoms with E-state index in [2.05, 4.69) is 4.98 Å². The zero-order valence-corrected chi connectivity index (χ0v) is 12.9. The molecule has 0 aliphatic heterocycles. The van der Waals surface area contributed by atoms with E-state index in [0.717, 1.165) is 5.56 Å². The molecular formula is C16H19N3O3. The van der Waals surface area contributed by atoms with Crippen LogP contribution in [0.15, 0.2) is 41.3 Å². The first-order valence-electron chi connectivity index (χ1n) is 6.90. The number of esters is 1. The number of rotatable bonds is 3. The number of anilines is 1. The number of nitrogens with zero attached hydrogens (tertiary/aromatic N) is 2. The fourth-order valence-corrected chi connectivity index (χ4v) is 1.97. The van der Waals surface area contributed by atoms with Gasteiger partial charge in [0.2, 0.25) is 0 Å². The van der Waals surface area contributed by atoms with Crippen molar-refractivity contribution in [3.8, 4) is 11.4 Å². The molecule has 2 aromatic rings. The van der Waals surface area contributed by atoms with Gasteiger partial charge in [-0.2, -0.15) is 0 Å². The fraction of sp³-hybridized carbons (Fsp3) is 0.312. The molecule has 116 valence electrons. The summed E-state index contributed by atoms with van der Waals surface area (Å²) in [4.78, 5) is 28.5. The van der Waals surface area contributed by atoms with Crippen LogP contribution in [0.3, 0.4) is 0 Å². The Morgan fingerprint density at radius 3 is 2.50 bits per heavy atom. The van der Waals surface area contributed by atoms with E-state index in [1.54, 1.807) is 20.8 Å². The maximum atomic E-state index is 12.3. The van der Waals surface area contributed by atoms with Gasteiger partial charge in [0.05, 0.1) is 6.20 Å². The Kier molecular flexibility index (Phi) is 4.30. The first-order chi connectivity index (χ1) is 10.3. The van der Waals surface area contributed by atoms with Crippen LogP contribution >= 0.6 is 0 Å². The molecule has 0 atom stereocenters. The van der Waals surface area contributed by atoms with Crippen LogP contribution in [-0.2, 0) is 16.1 Å². The number of carbonyl (C=O) groups is 1. The van der Waals surface area contributed by atoms with E-state index < -0.39 is 17.1 Å². The van der Waals surface area contributed by atoms with Gasteiger partial charge in [0.15, 0.2) is 0 Å². The maximum absolute atomic E-state index is 12.3. The van der Waals surface area contributed by atoms with E-state index in [4.69, 9.17) is 10.5 Å². The Morgan fingerprint density at radius 2 is 1.91 bits per heavy atom. The predicted molar refractivity (Wildman–Crippen MR) is 84.2 cm³/mol. The highest BCUT2D eigenvalue weighted by Gasteiger charge is 2.19. The fourth-order valence-electron chi connectivity index (χ4n) is 1.97. The van der Waals surface area contributed by atoms with Crippen molar-refractivity contribution < 1.29 is 9.53 Å². The summed E-state index contributed by atoms with van der Waals surface area (Å²) in [6.45, 7) is 5.06. The summed E-state index contributed by atoms with van der Waals surface area (Å²) in [6.07, 6.45) is 1.30. The molecule has 0 amide bonds. The second-order valence-electron chi connectivity index (χ2n) is 5.88. The zero-order chi connectivity index (χ0) is 16.3. The van der Waals surface area contributed by atoms with E-state index in [-0.39, 0.29) is 12.2 Å². The van der Waals surface area contributed by atoms with Gasteiger partial charge in [-0.3, -0.25) is 14.2 Å². The molecule has 2 N–H and O–H groups in total. The molecule has 0 radical (unpaired) electrons. The number of benzene rings is 1. The third-order valence-electron chi connectivity index (χ3n) is 2.81. The average molecular weight is 301 g/mol. The summed E-state index contributed by atoms with van der Waals surface area (Å²) in [6, 6.07) is 9.13. The van der Waals surface area contributed by atoms with E-state index in [1.807, 2.05) is 30.3 Å². The van der Waals surface area contributed by atoms with Gasteiger partial charge < -0.3 is 10.5 Å². The van der Waals surface area contributed by atoms with Gasteiger partial charge in [-0.1, -0.05) is 30.3 Å². The molecule has 0 spiro atoms. The van der Waals surface area contributed by atoms with Crippen LogP contribution in [-0.4, -0.2) is 21.1 Å². The van der Waals surface area contributed by atoms with E-state index in [0.29, 0.717) is 5.82 Å². The molecule has 2 rings (SSSR count). The number of carbonyl (C=O) groups excluding carboxylic acids is 1. The number of hydrogen-bond acceptors (Lipinski definition) is 5. The van der Waals surface area contributed by atoms with Gasteiger partial charge in [0, 0.05) is 5.56 Å². The van der Waals surface area contributed by atoms with Gasteiger partial charge in [0.1, 0.15) is 23.7 Å². The van der Waals surface area contributed by atoms with E-state index in [9.17, 15) is 9.59 Å². The van der Waals surface area contributed by atoms with Crippen molar-refractivity contribution in [2.45, 2.75) is 32.9 Å². The van der Waals surface area contributed by atoms with E-state index >= 15 is 0 Å². The van der Waals surface area contributed by atoms with Crippen molar-refractivity contribution in [2.75, 3.05) is 5.73 Å². The van der Waals surface area contributed by atoms with Crippen LogP contribution in [0.4, 0.5) is 5.69 Å². The standard InChI is InChI=1S/C16H19N3O3/c1-16(2,3)22-13(20)10-19-14(11-7-5-4-6-8-11)18-9-12(17)15(19)21/h4-9H,10,17H2,1-3H3. The van der Waals surface area contributed by atoms with Crippen LogP contribution in [0.25, 0.3) is 11.4 Å². The van der Waals surface area contributed by atoms with Crippen LogP contribution < -0.4 is 11.3 Å². The molecule has 1 aromatic carbocycles. The Balaban J connectivity index is 2.43. The molecule has 0 saturated heterocycles. The van der Waals surface area contributed by atoms with Crippen LogP contribution in [0.1, 0.15) is 20.8 Å². The van der Waals surface area contributed by atoms with Crippen molar-refractivity contribution in [2.24, 2.45) is 0 Å². The number of nitrogen functional groups attached to an aromatic ring is 1. The minimum atomic E-state index is -0.624. The van der Waals surface area contributed by atoms with Gasteiger partial charge >= 0.3 is 5.97 Å². The second-order valence-corrected chi connectivity index (χ2v) is 5.88. The molecule has 22 heavy (non-hydrogen) atoms. The maximum Gasteiger partial charge on any atom is 0.326 e. The molecule has 1 aromatic heterocycles. The molecule has 0 aliphatic rings. The number of ether oxygens (including phenoxy) is 1. The highest BCUT2D eigenvalue weighted by Crippen LogP contribution is 2.16. The first kappa shape index (κ1) is 15.8. The summed E-state index contributed by atoms with van der Waals surface area (Å²) < 4.78 is 6.49. The lowest BCUT2D eigenvalue weighted by atomic mass is 10.2. The van der Waals surface area contributed by atoms with Crippen LogP contribution in [0.2, 0.25) is 0 Å². The number of aromatic nitrogens is 2. The van der Waals surface area contributed by atoms with Gasteiger partial charge in [-0.05, 0) is 20.8 Å². The molecule has 1 heterocycles. The lowest BCUT2D eigenvalue weighted by Gasteiger charge is -2.20. The molecule has 6 heteroatoms. The normalized spacial score (nSPS) is 11.2. The first-order valence-corrected chi connectivity index (χ1v) is 6.90. The topological polar surface area (TPSA) is 87.2 Å². The number of nitrogens with two attached hydrogens (primary N) is 1. The Bertz CT molecular complexity index is 731. The van der Waals surface area contributed by atoms with Gasteiger partial charge in [-0.15, -0.1) is 0 Å². The monoisotopic (exact) mass is 301 g/mol. The lowest BCUT2D eigenvalue weighted by Crippen LogP contribution is -2.32. The molecule has 0 unspecified atom stereocenters. The van der Waals surface area contributed by atoms with Crippen molar-refractivity contribution in [1.82, 2.24) is 9.55 Å². The summed E-state index contributed by atoms with van der Waals surface area (Å²) in [5.41, 5.74) is 5.25. The molecule has 0 bridgehead atoms. The molecule has 0 fully saturated rings.